The summed E-state index contributed by atoms with van der Waals surface area (Å²) in [5, 5.41) is 10.1. The van der Waals surface area contributed by atoms with Gasteiger partial charge in [-0.15, -0.1) is 11.3 Å². The summed E-state index contributed by atoms with van der Waals surface area (Å²) in [5.41, 5.74) is 10.5. The Morgan fingerprint density at radius 1 is 0.286 bits per heavy atom. The van der Waals surface area contributed by atoms with E-state index in [1.807, 2.05) is 11.3 Å². The van der Waals surface area contributed by atoms with Crippen LogP contribution in [0, 0.1) is 0 Å². The van der Waals surface area contributed by atoms with E-state index in [1.165, 1.54) is 85.9 Å². The minimum absolute atomic E-state index is 1.10. The van der Waals surface area contributed by atoms with Crippen LogP contribution in [0.25, 0.3) is 85.9 Å². The molecule has 1 heterocycles. The van der Waals surface area contributed by atoms with E-state index in [0.717, 1.165) is 17.1 Å². The Labute approximate surface area is 330 Å². The van der Waals surface area contributed by atoms with Crippen LogP contribution in [0.1, 0.15) is 0 Å². The van der Waals surface area contributed by atoms with Gasteiger partial charge in [-0.25, -0.2) is 0 Å². The minimum atomic E-state index is 1.10. The molecule has 1 aromatic heterocycles. The first-order valence-corrected chi connectivity index (χ1v) is 20.0. The summed E-state index contributed by atoms with van der Waals surface area (Å²) in [6.07, 6.45) is 0. The molecule has 0 aliphatic heterocycles. The van der Waals surface area contributed by atoms with Gasteiger partial charge in [-0.3, -0.25) is 0 Å². The number of fused-ring (bicyclic) bond motifs is 7. The van der Waals surface area contributed by atoms with E-state index in [-0.39, 0.29) is 0 Å². The maximum Gasteiger partial charge on any atom is 0.0546 e. The topological polar surface area (TPSA) is 3.24 Å². The molecule has 0 bridgehead atoms. The number of nitrogens with zero attached hydrogens (tertiary/aromatic N) is 1. The van der Waals surface area contributed by atoms with Crippen molar-refractivity contribution >= 4 is 80.9 Å². The Kier molecular flexibility index (Phi) is 7.75. The predicted octanol–water partition coefficient (Wildman–Crippen LogP) is 16.0. The van der Waals surface area contributed by atoms with Crippen LogP contribution in [0.4, 0.5) is 17.1 Å². The van der Waals surface area contributed by atoms with Crippen molar-refractivity contribution in [3.63, 3.8) is 0 Å². The lowest BCUT2D eigenvalue weighted by atomic mass is 9.91. The third-order valence-corrected chi connectivity index (χ3v) is 12.4. The van der Waals surface area contributed by atoms with E-state index >= 15 is 0 Å². The maximum atomic E-state index is 2.47. The molecule has 0 spiro atoms. The van der Waals surface area contributed by atoms with Gasteiger partial charge >= 0.3 is 0 Å². The number of anilines is 3. The average molecular weight is 730 g/mol. The number of benzene rings is 10. The van der Waals surface area contributed by atoms with Crippen molar-refractivity contribution in [1.82, 2.24) is 0 Å². The molecule has 0 radical (unpaired) electrons. The molecular formula is C54H35NS. The monoisotopic (exact) mass is 729 g/mol. The highest BCUT2D eigenvalue weighted by atomic mass is 32.1. The highest BCUT2D eigenvalue weighted by Crippen LogP contribution is 2.46. The van der Waals surface area contributed by atoms with Crippen molar-refractivity contribution in [1.29, 1.82) is 0 Å². The van der Waals surface area contributed by atoms with Gasteiger partial charge < -0.3 is 4.90 Å². The number of hydrogen-bond acceptors (Lipinski definition) is 2. The zero-order valence-corrected chi connectivity index (χ0v) is 31.4. The molecule has 0 amide bonds. The van der Waals surface area contributed by atoms with Crippen molar-refractivity contribution in [2.75, 3.05) is 4.90 Å². The zero-order valence-electron chi connectivity index (χ0n) is 30.6. The van der Waals surface area contributed by atoms with Gasteiger partial charge in [-0.05, 0) is 109 Å². The third-order valence-electron chi connectivity index (χ3n) is 11.2. The summed E-state index contributed by atoms with van der Waals surface area (Å²) in [5.74, 6) is 0. The van der Waals surface area contributed by atoms with Gasteiger partial charge in [0.2, 0.25) is 0 Å². The minimum Gasteiger partial charge on any atom is -0.310 e. The molecule has 2 heteroatoms. The number of thiophene rings is 1. The summed E-state index contributed by atoms with van der Waals surface area (Å²) in [7, 11) is 0. The van der Waals surface area contributed by atoms with Gasteiger partial charge in [0.15, 0.2) is 0 Å². The van der Waals surface area contributed by atoms with Crippen LogP contribution < -0.4 is 4.90 Å². The summed E-state index contributed by atoms with van der Waals surface area (Å²) < 4.78 is 2.60. The molecular weight excluding hydrogens is 695 g/mol. The van der Waals surface area contributed by atoms with E-state index in [0.29, 0.717) is 0 Å². The molecule has 1 nitrogen and oxygen atoms in total. The molecule has 0 aliphatic carbocycles. The number of rotatable bonds is 6. The summed E-state index contributed by atoms with van der Waals surface area (Å²) in [6, 6.07) is 77.9. The standard InChI is InChI=1S/C54H35NS/c1-2-13-37(14-3-1)46-31-27-40(50-33-39-16-5-7-19-45(39)47-20-8-9-21-48(47)50)34-52(46)55(42-30-32-54-51(35-42)49-22-10-11-24-53(49)56-54)41-28-25-38(26-29-41)44-23-12-17-36-15-4-6-18-43(36)44/h1-35H. The van der Waals surface area contributed by atoms with Crippen molar-refractivity contribution in [2.24, 2.45) is 0 Å². The quantitative estimate of drug-likeness (QED) is 0.154. The second kappa shape index (κ2) is 13.4. The fourth-order valence-corrected chi connectivity index (χ4v) is 9.67. The Bertz CT molecular complexity index is 3240. The first-order valence-electron chi connectivity index (χ1n) is 19.2. The lowest BCUT2D eigenvalue weighted by molar-refractivity contribution is 1.29. The summed E-state index contributed by atoms with van der Waals surface area (Å²) in [4.78, 5) is 2.47. The van der Waals surface area contributed by atoms with Gasteiger partial charge in [0.25, 0.3) is 0 Å². The van der Waals surface area contributed by atoms with Gasteiger partial charge in [0, 0.05) is 37.1 Å². The first-order chi connectivity index (χ1) is 27.8. The van der Waals surface area contributed by atoms with Crippen LogP contribution in [-0.2, 0) is 0 Å². The van der Waals surface area contributed by atoms with Crippen molar-refractivity contribution in [3.8, 4) is 33.4 Å². The third kappa shape index (κ3) is 5.46. The molecule has 0 saturated carbocycles. The van der Waals surface area contributed by atoms with E-state index in [2.05, 4.69) is 217 Å². The van der Waals surface area contributed by atoms with Crippen LogP contribution in [-0.4, -0.2) is 0 Å². The Morgan fingerprint density at radius 2 is 0.893 bits per heavy atom. The molecule has 0 saturated heterocycles. The zero-order chi connectivity index (χ0) is 37.0. The van der Waals surface area contributed by atoms with E-state index in [9.17, 15) is 0 Å². The second-order valence-electron chi connectivity index (χ2n) is 14.5. The largest absolute Gasteiger partial charge is 0.310 e. The van der Waals surface area contributed by atoms with E-state index < -0.39 is 0 Å². The first kappa shape index (κ1) is 32.4. The van der Waals surface area contributed by atoms with Crippen LogP contribution >= 0.6 is 11.3 Å². The fraction of sp³-hybridized carbons (Fsp3) is 0. The molecule has 0 aliphatic rings. The molecule has 11 rings (SSSR count). The molecule has 0 fully saturated rings. The van der Waals surface area contributed by atoms with Crippen LogP contribution in [0.3, 0.4) is 0 Å². The van der Waals surface area contributed by atoms with Crippen molar-refractivity contribution in [3.05, 3.63) is 212 Å². The molecule has 56 heavy (non-hydrogen) atoms. The van der Waals surface area contributed by atoms with E-state index in [1.54, 1.807) is 0 Å². The Hall–Kier alpha value is -7.00. The highest BCUT2D eigenvalue weighted by Gasteiger charge is 2.21. The van der Waals surface area contributed by atoms with Gasteiger partial charge in [0.05, 0.1) is 5.69 Å². The molecule has 11 aromatic rings. The Morgan fingerprint density at radius 3 is 1.73 bits per heavy atom. The second-order valence-corrected chi connectivity index (χ2v) is 15.6. The molecule has 10 aromatic carbocycles. The lowest BCUT2D eigenvalue weighted by Gasteiger charge is -2.29. The van der Waals surface area contributed by atoms with Crippen LogP contribution in [0.15, 0.2) is 212 Å². The van der Waals surface area contributed by atoms with Crippen LogP contribution in [0.5, 0.6) is 0 Å². The lowest BCUT2D eigenvalue weighted by Crippen LogP contribution is -2.11. The van der Waals surface area contributed by atoms with Gasteiger partial charge in [-0.1, -0.05) is 164 Å². The van der Waals surface area contributed by atoms with Crippen LogP contribution in [0.2, 0.25) is 0 Å². The fourth-order valence-electron chi connectivity index (χ4n) is 8.59. The van der Waals surface area contributed by atoms with E-state index in [4.69, 9.17) is 0 Å². The number of hydrogen-bond donors (Lipinski definition) is 0. The average Bonchev–Trinajstić information content (AvgIpc) is 3.65. The Balaban J connectivity index is 1.17. The van der Waals surface area contributed by atoms with Crippen molar-refractivity contribution < 1.29 is 0 Å². The molecule has 0 atom stereocenters. The van der Waals surface area contributed by atoms with Gasteiger partial charge in [-0.2, -0.15) is 0 Å². The summed E-state index contributed by atoms with van der Waals surface area (Å²) in [6.45, 7) is 0. The summed E-state index contributed by atoms with van der Waals surface area (Å²) >= 11 is 1.86. The van der Waals surface area contributed by atoms with Crippen molar-refractivity contribution in [2.45, 2.75) is 0 Å². The molecule has 0 unspecified atom stereocenters. The normalized spacial score (nSPS) is 11.6. The highest BCUT2D eigenvalue weighted by molar-refractivity contribution is 7.25. The maximum absolute atomic E-state index is 2.47. The molecule has 0 N–H and O–H groups in total. The smallest absolute Gasteiger partial charge is 0.0546 e. The van der Waals surface area contributed by atoms with Gasteiger partial charge in [0.1, 0.15) is 0 Å². The predicted molar refractivity (Wildman–Crippen MR) is 243 cm³/mol. The molecule has 262 valence electrons. The SMILES string of the molecule is c1ccc(-c2ccc(-c3cc4ccccc4c4ccccc34)cc2N(c2ccc(-c3cccc4ccccc34)cc2)c2ccc3sc4ccccc4c3c2)cc1.